The summed E-state index contributed by atoms with van der Waals surface area (Å²) in [4.78, 5) is 11.8. The summed E-state index contributed by atoms with van der Waals surface area (Å²) in [6.45, 7) is 4.49. The molecule has 0 rings (SSSR count). The lowest BCUT2D eigenvalue weighted by molar-refractivity contribution is -0.149. The highest BCUT2D eigenvalue weighted by molar-refractivity contribution is 5.80. The molecule has 86 valence electrons. The van der Waals surface area contributed by atoms with Gasteiger partial charge < -0.3 is 4.74 Å². The van der Waals surface area contributed by atoms with Crippen molar-refractivity contribution in [2.75, 3.05) is 13.7 Å². The summed E-state index contributed by atoms with van der Waals surface area (Å²) in [6, 6.07) is 0. The van der Waals surface area contributed by atoms with Crippen molar-refractivity contribution in [2.45, 2.75) is 45.1 Å². The molecular formula is C12H21NO2. The highest BCUT2D eigenvalue weighted by atomic mass is 16.5. The van der Waals surface area contributed by atoms with E-state index >= 15 is 0 Å². The number of methoxy groups -OCH3 is 1. The fraction of sp³-hybridized carbons (Fsp3) is 0.750. The van der Waals surface area contributed by atoms with E-state index < -0.39 is 5.54 Å². The van der Waals surface area contributed by atoms with E-state index in [4.69, 9.17) is 11.2 Å². The van der Waals surface area contributed by atoms with Crippen molar-refractivity contribution in [1.29, 1.82) is 0 Å². The molecule has 0 aromatic heterocycles. The fourth-order valence-corrected chi connectivity index (χ4v) is 1.85. The molecule has 0 radical (unpaired) electrons. The van der Waals surface area contributed by atoms with Crippen LogP contribution in [0.3, 0.4) is 0 Å². The van der Waals surface area contributed by atoms with Crippen molar-refractivity contribution in [3.05, 3.63) is 0 Å². The van der Waals surface area contributed by atoms with Crippen molar-refractivity contribution in [3.8, 4) is 12.3 Å². The zero-order valence-electron chi connectivity index (χ0n) is 9.93. The van der Waals surface area contributed by atoms with Crippen molar-refractivity contribution < 1.29 is 9.53 Å². The zero-order chi connectivity index (χ0) is 11.7. The number of carbonyl (C=O) groups excluding carboxylic acids is 1. The normalized spacial score (nSPS) is 10.8. The summed E-state index contributed by atoms with van der Waals surface area (Å²) in [5.74, 6) is 2.29. The number of hydrogen-bond donors (Lipinski definition) is 1. The third kappa shape index (κ3) is 3.93. The minimum atomic E-state index is -0.593. The molecular weight excluding hydrogens is 190 g/mol. The first-order valence-corrected chi connectivity index (χ1v) is 5.43. The lowest BCUT2D eigenvalue weighted by Gasteiger charge is -2.31. The quantitative estimate of drug-likeness (QED) is 0.515. The first-order chi connectivity index (χ1) is 7.16. The summed E-state index contributed by atoms with van der Waals surface area (Å²) in [7, 11) is 1.42. The summed E-state index contributed by atoms with van der Waals surface area (Å²) < 4.78 is 4.85. The number of rotatable bonds is 7. The molecule has 0 fully saturated rings. The molecule has 0 saturated carbocycles. The van der Waals surface area contributed by atoms with Crippen LogP contribution in [0.25, 0.3) is 0 Å². The third-order valence-electron chi connectivity index (χ3n) is 2.46. The summed E-state index contributed by atoms with van der Waals surface area (Å²) >= 11 is 0. The second-order valence-corrected chi connectivity index (χ2v) is 3.63. The second kappa shape index (κ2) is 7.30. The zero-order valence-corrected chi connectivity index (χ0v) is 9.93. The summed E-state index contributed by atoms with van der Waals surface area (Å²) in [6.07, 6.45) is 8.57. The van der Waals surface area contributed by atoms with Crippen molar-refractivity contribution in [2.24, 2.45) is 0 Å². The van der Waals surface area contributed by atoms with Gasteiger partial charge in [0.05, 0.1) is 13.7 Å². The average molecular weight is 211 g/mol. The van der Waals surface area contributed by atoms with Crippen LogP contribution >= 0.6 is 0 Å². The second-order valence-electron chi connectivity index (χ2n) is 3.63. The van der Waals surface area contributed by atoms with Gasteiger partial charge in [0.25, 0.3) is 0 Å². The number of hydrogen-bond acceptors (Lipinski definition) is 3. The third-order valence-corrected chi connectivity index (χ3v) is 2.46. The van der Waals surface area contributed by atoms with Gasteiger partial charge in [0.2, 0.25) is 0 Å². The molecule has 0 heterocycles. The predicted molar refractivity (Wildman–Crippen MR) is 61.4 cm³/mol. The SMILES string of the molecule is C#CCNC(CCC)(CCC)C(=O)OC. The highest BCUT2D eigenvalue weighted by Crippen LogP contribution is 2.21. The van der Waals surface area contributed by atoms with Gasteiger partial charge in [-0.15, -0.1) is 6.42 Å². The van der Waals surface area contributed by atoms with E-state index in [9.17, 15) is 4.79 Å². The molecule has 0 aliphatic rings. The summed E-state index contributed by atoms with van der Waals surface area (Å²) in [5.41, 5.74) is -0.593. The van der Waals surface area contributed by atoms with Crippen LogP contribution in [0.5, 0.6) is 0 Å². The van der Waals surface area contributed by atoms with Gasteiger partial charge in [-0.2, -0.15) is 0 Å². The molecule has 0 saturated heterocycles. The van der Waals surface area contributed by atoms with E-state index in [1.54, 1.807) is 0 Å². The van der Waals surface area contributed by atoms with Gasteiger partial charge in [-0.3, -0.25) is 10.1 Å². The van der Waals surface area contributed by atoms with Crippen LogP contribution in [-0.4, -0.2) is 25.2 Å². The number of nitrogens with one attached hydrogen (secondary N) is 1. The Hall–Kier alpha value is -1.01. The Morgan fingerprint density at radius 2 is 1.93 bits per heavy atom. The standard InChI is InChI=1S/C12H21NO2/c1-5-8-12(9-6-2,11(14)15-4)13-10-7-3/h3,13H,5-6,8-10H2,1-2,4H3. The molecule has 0 bridgehead atoms. The van der Waals surface area contributed by atoms with E-state index in [1.165, 1.54) is 7.11 Å². The van der Waals surface area contributed by atoms with Crippen LogP contribution in [0.1, 0.15) is 39.5 Å². The minimum absolute atomic E-state index is 0.207. The maximum absolute atomic E-state index is 11.8. The summed E-state index contributed by atoms with van der Waals surface area (Å²) in [5, 5.41) is 3.12. The molecule has 0 amide bonds. The van der Waals surface area contributed by atoms with E-state index in [1.807, 2.05) is 13.8 Å². The van der Waals surface area contributed by atoms with Gasteiger partial charge in [-0.05, 0) is 12.8 Å². The molecule has 0 spiro atoms. The van der Waals surface area contributed by atoms with Gasteiger partial charge in [-0.25, -0.2) is 0 Å². The van der Waals surface area contributed by atoms with E-state index in [-0.39, 0.29) is 5.97 Å². The Labute approximate surface area is 92.6 Å². The van der Waals surface area contributed by atoms with Gasteiger partial charge in [-0.1, -0.05) is 32.6 Å². The van der Waals surface area contributed by atoms with Crippen LogP contribution in [-0.2, 0) is 9.53 Å². The Balaban J connectivity index is 4.72. The van der Waals surface area contributed by atoms with E-state index in [2.05, 4.69) is 11.2 Å². The molecule has 1 N–H and O–H groups in total. The van der Waals surface area contributed by atoms with Crippen LogP contribution in [0.2, 0.25) is 0 Å². The van der Waals surface area contributed by atoms with E-state index in [0.717, 1.165) is 25.7 Å². The maximum Gasteiger partial charge on any atom is 0.326 e. The van der Waals surface area contributed by atoms with Gasteiger partial charge in [0.15, 0.2) is 0 Å². The van der Waals surface area contributed by atoms with Gasteiger partial charge in [0, 0.05) is 0 Å². The number of ether oxygens (including phenoxy) is 1. The number of esters is 1. The average Bonchev–Trinajstić information content (AvgIpc) is 2.25. The molecule has 0 aliphatic carbocycles. The lowest BCUT2D eigenvalue weighted by atomic mass is 9.88. The Bertz CT molecular complexity index is 224. The molecule has 0 unspecified atom stereocenters. The fourth-order valence-electron chi connectivity index (χ4n) is 1.85. The van der Waals surface area contributed by atoms with Crippen molar-refractivity contribution >= 4 is 5.97 Å². The Morgan fingerprint density at radius 1 is 1.40 bits per heavy atom. The molecule has 15 heavy (non-hydrogen) atoms. The Kier molecular flexibility index (Phi) is 6.81. The minimum Gasteiger partial charge on any atom is -0.468 e. The molecule has 0 atom stereocenters. The molecule has 0 aromatic carbocycles. The van der Waals surface area contributed by atoms with E-state index in [0.29, 0.717) is 6.54 Å². The van der Waals surface area contributed by atoms with Crippen LogP contribution in [0.4, 0.5) is 0 Å². The van der Waals surface area contributed by atoms with Crippen molar-refractivity contribution in [1.82, 2.24) is 5.32 Å². The monoisotopic (exact) mass is 211 g/mol. The van der Waals surface area contributed by atoms with Gasteiger partial charge >= 0.3 is 5.97 Å². The van der Waals surface area contributed by atoms with Gasteiger partial charge in [0.1, 0.15) is 5.54 Å². The molecule has 3 heteroatoms. The van der Waals surface area contributed by atoms with Crippen LogP contribution in [0.15, 0.2) is 0 Å². The predicted octanol–water partition coefficient (Wildman–Crippen LogP) is 1.72. The number of carbonyl (C=O) groups is 1. The topological polar surface area (TPSA) is 38.3 Å². The first kappa shape index (κ1) is 14.0. The maximum atomic E-state index is 11.8. The molecule has 3 nitrogen and oxygen atoms in total. The van der Waals surface area contributed by atoms with Crippen molar-refractivity contribution in [3.63, 3.8) is 0 Å². The van der Waals surface area contributed by atoms with Crippen LogP contribution in [0, 0.1) is 12.3 Å². The van der Waals surface area contributed by atoms with Crippen LogP contribution < -0.4 is 5.32 Å². The number of terminal acetylenes is 1. The first-order valence-electron chi connectivity index (χ1n) is 5.43. The molecule has 0 aliphatic heterocycles. The smallest absolute Gasteiger partial charge is 0.326 e. The molecule has 0 aromatic rings. The largest absolute Gasteiger partial charge is 0.468 e. The highest BCUT2D eigenvalue weighted by Gasteiger charge is 2.36. The lowest BCUT2D eigenvalue weighted by Crippen LogP contribution is -2.52. The Morgan fingerprint density at radius 3 is 2.27 bits per heavy atom.